The molecule has 2 aromatic carbocycles. The van der Waals surface area contributed by atoms with Gasteiger partial charge in [-0.05, 0) is 49.6 Å². The quantitative estimate of drug-likeness (QED) is 0.917. The smallest absolute Gasteiger partial charge is 0.165 e. The minimum atomic E-state index is -0.768. The summed E-state index contributed by atoms with van der Waals surface area (Å²) in [6.07, 6.45) is -0.768. The number of benzene rings is 2. The monoisotopic (exact) mass is 274 g/mol. The number of halogens is 1. The lowest BCUT2D eigenvalue weighted by Crippen LogP contribution is -2.13. The highest BCUT2D eigenvalue weighted by atomic mass is 19.1. The van der Waals surface area contributed by atoms with Crippen LogP contribution in [0.1, 0.15) is 28.4 Å². The van der Waals surface area contributed by atoms with Crippen molar-refractivity contribution in [3.8, 4) is 5.75 Å². The third kappa shape index (κ3) is 3.17. The Morgan fingerprint density at radius 2 is 1.70 bits per heavy atom. The van der Waals surface area contributed by atoms with E-state index in [-0.39, 0.29) is 12.4 Å². The van der Waals surface area contributed by atoms with Crippen molar-refractivity contribution >= 4 is 0 Å². The normalized spacial score (nSPS) is 12.2. The highest BCUT2D eigenvalue weighted by molar-refractivity contribution is 5.39. The van der Waals surface area contributed by atoms with Crippen LogP contribution in [0, 0.1) is 26.6 Å². The molecule has 2 nitrogen and oxygen atoms in total. The molecule has 0 amide bonds. The van der Waals surface area contributed by atoms with Gasteiger partial charge >= 0.3 is 0 Å². The predicted octanol–water partition coefficient (Wildman–Crippen LogP) is 3.86. The van der Waals surface area contributed by atoms with Gasteiger partial charge in [-0.15, -0.1) is 0 Å². The van der Waals surface area contributed by atoms with Gasteiger partial charge in [0.25, 0.3) is 0 Å². The fraction of sp³-hybridized carbons (Fsp3) is 0.294. The Labute approximate surface area is 118 Å². The molecule has 0 bridgehead atoms. The van der Waals surface area contributed by atoms with Gasteiger partial charge < -0.3 is 9.84 Å². The van der Waals surface area contributed by atoms with E-state index in [2.05, 4.69) is 0 Å². The third-order valence-electron chi connectivity index (χ3n) is 3.30. The maximum Gasteiger partial charge on any atom is 0.165 e. The zero-order valence-electron chi connectivity index (χ0n) is 12.0. The van der Waals surface area contributed by atoms with Gasteiger partial charge in [0.1, 0.15) is 12.7 Å². The van der Waals surface area contributed by atoms with Gasteiger partial charge in [-0.1, -0.05) is 29.8 Å². The summed E-state index contributed by atoms with van der Waals surface area (Å²) in [5.41, 5.74) is 4.05. The molecule has 0 saturated carbocycles. The maximum atomic E-state index is 13.4. The standard InChI is InChI=1S/C17H19FO2/c1-11-8-12(2)17(13(3)9-11)15(19)10-20-16-7-5-4-6-14(16)18/h4-9,15,19H,10H2,1-3H3. The highest BCUT2D eigenvalue weighted by Crippen LogP contribution is 2.25. The lowest BCUT2D eigenvalue weighted by Gasteiger charge is -2.18. The van der Waals surface area contributed by atoms with Crippen molar-refractivity contribution in [3.05, 3.63) is 64.5 Å². The summed E-state index contributed by atoms with van der Waals surface area (Å²) < 4.78 is 18.8. The Bertz CT molecular complexity index is 585. The second-order valence-corrected chi connectivity index (χ2v) is 5.07. The van der Waals surface area contributed by atoms with Crippen LogP contribution in [0.2, 0.25) is 0 Å². The largest absolute Gasteiger partial charge is 0.487 e. The van der Waals surface area contributed by atoms with Crippen molar-refractivity contribution in [2.75, 3.05) is 6.61 Å². The second kappa shape index (κ2) is 6.06. The molecule has 2 aromatic rings. The molecule has 106 valence electrons. The molecule has 0 aliphatic carbocycles. The van der Waals surface area contributed by atoms with Gasteiger partial charge in [0, 0.05) is 0 Å². The Morgan fingerprint density at radius 3 is 2.30 bits per heavy atom. The van der Waals surface area contributed by atoms with Crippen molar-refractivity contribution in [1.29, 1.82) is 0 Å². The van der Waals surface area contributed by atoms with E-state index in [1.54, 1.807) is 18.2 Å². The van der Waals surface area contributed by atoms with Crippen LogP contribution in [0.3, 0.4) is 0 Å². The first kappa shape index (κ1) is 14.5. The SMILES string of the molecule is Cc1cc(C)c(C(O)COc2ccccc2F)c(C)c1. The molecular weight excluding hydrogens is 255 g/mol. The van der Waals surface area contributed by atoms with Gasteiger partial charge in [0.15, 0.2) is 11.6 Å². The lowest BCUT2D eigenvalue weighted by molar-refractivity contribution is 0.105. The minimum Gasteiger partial charge on any atom is -0.487 e. The molecule has 0 radical (unpaired) electrons. The summed E-state index contributed by atoms with van der Waals surface area (Å²) in [6.45, 7) is 5.97. The highest BCUT2D eigenvalue weighted by Gasteiger charge is 2.15. The van der Waals surface area contributed by atoms with Gasteiger partial charge in [0.05, 0.1) is 0 Å². The predicted molar refractivity (Wildman–Crippen MR) is 77.5 cm³/mol. The van der Waals surface area contributed by atoms with Gasteiger partial charge in [-0.2, -0.15) is 0 Å². The maximum absolute atomic E-state index is 13.4. The molecule has 20 heavy (non-hydrogen) atoms. The molecule has 0 aliphatic heterocycles. The Hall–Kier alpha value is -1.87. The summed E-state index contributed by atoms with van der Waals surface area (Å²) in [7, 11) is 0. The first-order valence-electron chi connectivity index (χ1n) is 6.62. The molecule has 0 aliphatic rings. The molecule has 0 aromatic heterocycles. The van der Waals surface area contributed by atoms with E-state index in [0.717, 1.165) is 22.3 Å². The van der Waals surface area contributed by atoms with E-state index in [0.29, 0.717) is 0 Å². The molecule has 1 atom stereocenters. The number of para-hydroxylation sites is 1. The molecule has 1 unspecified atom stereocenters. The van der Waals surface area contributed by atoms with Crippen molar-refractivity contribution in [2.24, 2.45) is 0 Å². The summed E-state index contributed by atoms with van der Waals surface area (Å²) in [5, 5.41) is 10.3. The average molecular weight is 274 g/mol. The van der Waals surface area contributed by atoms with Crippen molar-refractivity contribution in [3.63, 3.8) is 0 Å². The lowest BCUT2D eigenvalue weighted by atomic mass is 9.96. The van der Waals surface area contributed by atoms with E-state index in [4.69, 9.17) is 4.74 Å². The second-order valence-electron chi connectivity index (χ2n) is 5.07. The molecule has 0 saturated heterocycles. The number of aryl methyl sites for hydroxylation is 3. The van der Waals surface area contributed by atoms with E-state index in [1.165, 1.54) is 6.07 Å². The van der Waals surface area contributed by atoms with Gasteiger partial charge in [-0.25, -0.2) is 4.39 Å². The fourth-order valence-corrected chi connectivity index (χ4v) is 2.53. The zero-order chi connectivity index (χ0) is 14.7. The Kier molecular flexibility index (Phi) is 4.40. The number of rotatable bonds is 4. The topological polar surface area (TPSA) is 29.5 Å². The summed E-state index contributed by atoms with van der Waals surface area (Å²) >= 11 is 0. The molecule has 2 rings (SSSR count). The molecule has 3 heteroatoms. The average Bonchev–Trinajstić information content (AvgIpc) is 2.36. The first-order chi connectivity index (χ1) is 9.49. The number of hydrogen-bond donors (Lipinski definition) is 1. The van der Waals surface area contributed by atoms with E-state index in [1.807, 2.05) is 32.9 Å². The number of ether oxygens (including phenoxy) is 1. The summed E-state index contributed by atoms with van der Waals surface area (Å²) in [6, 6.07) is 10.2. The summed E-state index contributed by atoms with van der Waals surface area (Å²) in [4.78, 5) is 0. The molecule has 0 fully saturated rings. The first-order valence-corrected chi connectivity index (χ1v) is 6.62. The van der Waals surface area contributed by atoms with Crippen molar-refractivity contribution in [1.82, 2.24) is 0 Å². The fourth-order valence-electron chi connectivity index (χ4n) is 2.53. The number of aliphatic hydroxyl groups excluding tert-OH is 1. The molecule has 1 N–H and O–H groups in total. The number of aliphatic hydroxyl groups is 1. The van der Waals surface area contributed by atoms with E-state index >= 15 is 0 Å². The Balaban J connectivity index is 2.13. The van der Waals surface area contributed by atoms with Crippen LogP contribution in [-0.2, 0) is 0 Å². The minimum absolute atomic E-state index is 0.0334. The number of hydrogen-bond acceptors (Lipinski definition) is 2. The van der Waals surface area contributed by atoms with Crippen LogP contribution in [0.15, 0.2) is 36.4 Å². The molecule has 0 spiro atoms. The third-order valence-corrected chi connectivity index (χ3v) is 3.30. The molecular formula is C17H19FO2. The Morgan fingerprint density at radius 1 is 1.10 bits per heavy atom. The van der Waals surface area contributed by atoms with Crippen LogP contribution in [0.25, 0.3) is 0 Å². The molecule has 0 heterocycles. The van der Waals surface area contributed by atoms with Gasteiger partial charge in [0.2, 0.25) is 0 Å². The zero-order valence-corrected chi connectivity index (χ0v) is 12.0. The van der Waals surface area contributed by atoms with Crippen LogP contribution >= 0.6 is 0 Å². The van der Waals surface area contributed by atoms with Crippen molar-refractivity contribution < 1.29 is 14.2 Å². The summed E-state index contributed by atoms with van der Waals surface area (Å²) in [5.74, 6) is -0.258. The van der Waals surface area contributed by atoms with E-state index < -0.39 is 11.9 Å². The van der Waals surface area contributed by atoms with Crippen LogP contribution in [0.4, 0.5) is 4.39 Å². The van der Waals surface area contributed by atoms with Crippen molar-refractivity contribution in [2.45, 2.75) is 26.9 Å². The van der Waals surface area contributed by atoms with Crippen LogP contribution in [0.5, 0.6) is 5.75 Å². The van der Waals surface area contributed by atoms with Crippen LogP contribution < -0.4 is 4.74 Å². The van der Waals surface area contributed by atoms with E-state index in [9.17, 15) is 9.50 Å². The van der Waals surface area contributed by atoms with Crippen LogP contribution in [-0.4, -0.2) is 11.7 Å². The van der Waals surface area contributed by atoms with Gasteiger partial charge in [-0.3, -0.25) is 0 Å².